The Morgan fingerprint density at radius 1 is 0.741 bits per heavy atom. The number of benzene rings is 2. The first-order chi connectivity index (χ1) is 13.2. The van der Waals surface area contributed by atoms with Gasteiger partial charge < -0.3 is 4.42 Å². The maximum absolute atomic E-state index is 5.95. The van der Waals surface area contributed by atoms with Gasteiger partial charge >= 0.3 is 0 Å². The summed E-state index contributed by atoms with van der Waals surface area (Å²) in [7, 11) is 0. The highest BCUT2D eigenvalue weighted by Crippen LogP contribution is 2.21. The Hall–Kier alpha value is -1.92. The van der Waals surface area contributed by atoms with Crippen LogP contribution in [0.5, 0.6) is 0 Å². The summed E-state index contributed by atoms with van der Waals surface area (Å²) >= 11 is 11.9. The lowest BCUT2D eigenvalue weighted by molar-refractivity contribution is 0.114. The van der Waals surface area contributed by atoms with Gasteiger partial charge in [-0.1, -0.05) is 35.3 Å². The van der Waals surface area contributed by atoms with Crippen LogP contribution >= 0.6 is 23.2 Å². The van der Waals surface area contributed by atoms with E-state index in [4.69, 9.17) is 27.6 Å². The van der Waals surface area contributed by atoms with Crippen molar-refractivity contribution in [1.82, 2.24) is 20.0 Å². The van der Waals surface area contributed by atoms with Crippen molar-refractivity contribution in [3.63, 3.8) is 0 Å². The van der Waals surface area contributed by atoms with Gasteiger partial charge in [0.2, 0.25) is 11.8 Å². The highest BCUT2D eigenvalue weighted by molar-refractivity contribution is 6.30. The van der Waals surface area contributed by atoms with Crippen LogP contribution in [0.15, 0.2) is 52.9 Å². The van der Waals surface area contributed by atoms with Crippen LogP contribution in [0.3, 0.4) is 0 Å². The molecule has 2 heterocycles. The van der Waals surface area contributed by atoms with Gasteiger partial charge in [-0.15, -0.1) is 10.2 Å². The third kappa shape index (κ3) is 4.87. The first-order valence-corrected chi connectivity index (χ1v) is 9.69. The lowest BCUT2D eigenvalue weighted by Gasteiger charge is -2.33. The van der Waals surface area contributed by atoms with E-state index >= 15 is 0 Å². The van der Waals surface area contributed by atoms with E-state index in [1.54, 1.807) is 0 Å². The molecule has 5 nitrogen and oxygen atoms in total. The minimum absolute atomic E-state index is 0.531. The summed E-state index contributed by atoms with van der Waals surface area (Å²) in [6, 6.07) is 15.5. The number of aromatic nitrogens is 2. The van der Waals surface area contributed by atoms with Gasteiger partial charge in [0, 0.05) is 48.3 Å². The normalized spacial score (nSPS) is 15.9. The molecule has 1 saturated heterocycles. The Kier molecular flexibility index (Phi) is 5.74. The van der Waals surface area contributed by atoms with Crippen molar-refractivity contribution in [2.75, 3.05) is 26.2 Å². The van der Waals surface area contributed by atoms with Gasteiger partial charge in [-0.2, -0.15) is 0 Å². The summed E-state index contributed by atoms with van der Waals surface area (Å²) in [6.45, 7) is 5.61. The molecule has 27 heavy (non-hydrogen) atoms. The molecule has 1 fully saturated rings. The Labute approximate surface area is 168 Å². The van der Waals surface area contributed by atoms with Crippen LogP contribution in [0.1, 0.15) is 11.5 Å². The van der Waals surface area contributed by atoms with Crippen LogP contribution in [0.4, 0.5) is 0 Å². The van der Waals surface area contributed by atoms with Crippen molar-refractivity contribution in [3.05, 3.63) is 70.0 Å². The molecule has 1 aromatic heterocycles. The summed E-state index contributed by atoms with van der Waals surface area (Å²) in [5, 5.41) is 9.81. The molecule has 2 aromatic carbocycles. The van der Waals surface area contributed by atoms with Crippen molar-refractivity contribution in [2.45, 2.75) is 13.1 Å². The average Bonchev–Trinajstić information content (AvgIpc) is 3.14. The number of hydrogen-bond acceptors (Lipinski definition) is 5. The Bertz CT molecular complexity index is 872. The fraction of sp³-hybridized carbons (Fsp3) is 0.300. The monoisotopic (exact) mass is 402 g/mol. The van der Waals surface area contributed by atoms with Gasteiger partial charge in [-0.05, 0) is 42.0 Å². The maximum Gasteiger partial charge on any atom is 0.247 e. The van der Waals surface area contributed by atoms with E-state index < -0.39 is 0 Å². The molecule has 0 atom stereocenters. The van der Waals surface area contributed by atoms with E-state index in [9.17, 15) is 0 Å². The molecule has 1 aliphatic rings. The molecule has 0 radical (unpaired) electrons. The van der Waals surface area contributed by atoms with E-state index in [1.165, 1.54) is 5.56 Å². The molecule has 7 heteroatoms. The topological polar surface area (TPSA) is 45.4 Å². The zero-order valence-electron chi connectivity index (χ0n) is 14.8. The third-order valence-corrected chi connectivity index (χ3v) is 5.21. The van der Waals surface area contributed by atoms with E-state index in [0.717, 1.165) is 43.3 Å². The zero-order chi connectivity index (χ0) is 18.6. The van der Waals surface area contributed by atoms with Gasteiger partial charge in [0.1, 0.15) is 0 Å². The van der Waals surface area contributed by atoms with Gasteiger partial charge in [0.05, 0.1) is 6.54 Å². The molecule has 4 rings (SSSR count). The molecular weight excluding hydrogens is 383 g/mol. The molecule has 140 valence electrons. The van der Waals surface area contributed by atoms with Gasteiger partial charge in [-0.25, -0.2) is 0 Å². The summed E-state index contributed by atoms with van der Waals surface area (Å²) in [5.74, 6) is 1.18. The molecule has 0 unspecified atom stereocenters. The summed E-state index contributed by atoms with van der Waals surface area (Å²) in [6.07, 6.45) is 0. The Morgan fingerprint density at radius 3 is 1.93 bits per heavy atom. The fourth-order valence-corrected chi connectivity index (χ4v) is 3.42. The minimum atomic E-state index is 0.531. The largest absolute Gasteiger partial charge is 0.419 e. The highest BCUT2D eigenvalue weighted by atomic mass is 35.5. The van der Waals surface area contributed by atoms with Crippen LogP contribution < -0.4 is 0 Å². The number of nitrogens with zero attached hydrogens (tertiary/aromatic N) is 4. The fourth-order valence-electron chi connectivity index (χ4n) is 3.17. The SMILES string of the molecule is Clc1ccc(CN2CCN(Cc3nnc(-c4ccc(Cl)cc4)o3)CC2)cc1. The van der Waals surface area contributed by atoms with Gasteiger partial charge in [-0.3, -0.25) is 9.80 Å². The standard InChI is InChI=1S/C20H20Cl2N4O/c21-17-5-1-15(2-6-17)13-25-9-11-26(12-10-25)14-19-23-24-20(27-19)16-3-7-18(22)8-4-16/h1-8H,9-14H2. The van der Waals surface area contributed by atoms with Crippen LogP contribution in [0.25, 0.3) is 11.5 Å². The summed E-state index contributed by atoms with van der Waals surface area (Å²) in [4.78, 5) is 4.80. The van der Waals surface area contributed by atoms with Crippen LogP contribution in [-0.2, 0) is 13.1 Å². The highest BCUT2D eigenvalue weighted by Gasteiger charge is 2.19. The Morgan fingerprint density at radius 2 is 1.30 bits per heavy atom. The molecule has 1 aliphatic heterocycles. The maximum atomic E-state index is 5.95. The van der Waals surface area contributed by atoms with Crippen LogP contribution in [0, 0.1) is 0 Å². The van der Waals surface area contributed by atoms with Crippen molar-refractivity contribution >= 4 is 23.2 Å². The smallest absolute Gasteiger partial charge is 0.247 e. The molecule has 0 amide bonds. The molecule has 0 aliphatic carbocycles. The second kappa shape index (κ2) is 8.40. The second-order valence-electron chi connectivity index (χ2n) is 6.69. The predicted octanol–water partition coefficient (Wildman–Crippen LogP) is 4.36. The van der Waals surface area contributed by atoms with Crippen molar-refractivity contribution < 1.29 is 4.42 Å². The summed E-state index contributed by atoms with van der Waals surface area (Å²) in [5.41, 5.74) is 2.17. The van der Waals surface area contributed by atoms with Crippen molar-refractivity contribution in [1.29, 1.82) is 0 Å². The van der Waals surface area contributed by atoms with Crippen LogP contribution in [0.2, 0.25) is 10.0 Å². The van der Waals surface area contributed by atoms with Crippen LogP contribution in [-0.4, -0.2) is 46.2 Å². The van der Waals surface area contributed by atoms with Gasteiger partial charge in [0.25, 0.3) is 0 Å². The number of halogens is 2. The van der Waals surface area contributed by atoms with Gasteiger partial charge in [0.15, 0.2) is 0 Å². The number of rotatable bonds is 5. The quantitative estimate of drug-likeness (QED) is 0.634. The minimum Gasteiger partial charge on any atom is -0.419 e. The van der Waals surface area contributed by atoms with E-state index in [1.807, 2.05) is 36.4 Å². The van der Waals surface area contributed by atoms with E-state index in [0.29, 0.717) is 23.3 Å². The Balaban J connectivity index is 1.29. The second-order valence-corrected chi connectivity index (χ2v) is 7.56. The van der Waals surface area contributed by atoms with E-state index in [-0.39, 0.29) is 0 Å². The number of hydrogen-bond donors (Lipinski definition) is 0. The predicted molar refractivity (Wildman–Crippen MR) is 107 cm³/mol. The third-order valence-electron chi connectivity index (χ3n) is 4.70. The first-order valence-electron chi connectivity index (χ1n) is 8.93. The molecule has 3 aromatic rings. The summed E-state index contributed by atoms with van der Waals surface area (Å²) < 4.78 is 5.81. The number of piperazine rings is 1. The first kappa shape index (κ1) is 18.4. The lowest BCUT2D eigenvalue weighted by atomic mass is 10.2. The molecular formula is C20H20Cl2N4O. The molecule has 0 bridgehead atoms. The van der Waals surface area contributed by atoms with Crippen molar-refractivity contribution in [2.24, 2.45) is 0 Å². The average molecular weight is 403 g/mol. The lowest BCUT2D eigenvalue weighted by Crippen LogP contribution is -2.45. The molecule has 0 saturated carbocycles. The van der Waals surface area contributed by atoms with Crippen molar-refractivity contribution in [3.8, 4) is 11.5 Å². The zero-order valence-corrected chi connectivity index (χ0v) is 16.3. The molecule has 0 spiro atoms. The molecule has 0 N–H and O–H groups in total. The van der Waals surface area contributed by atoms with E-state index in [2.05, 4.69) is 32.1 Å².